The van der Waals surface area contributed by atoms with Crippen molar-refractivity contribution in [2.75, 3.05) is 7.11 Å². The van der Waals surface area contributed by atoms with Gasteiger partial charge in [0.2, 0.25) is 11.8 Å². The van der Waals surface area contributed by atoms with Crippen molar-refractivity contribution in [3.63, 3.8) is 0 Å². The highest BCUT2D eigenvalue weighted by Crippen LogP contribution is 2.31. The molecule has 0 aliphatic rings. The van der Waals surface area contributed by atoms with Crippen molar-refractivity contribution in [2.24, 2.45) is 0 Å². The van der Waals surface area contributed by atoms with Gasteiger partial charge >= 0.3 is 0 Å². The van der Waals surface area contributed by atoms with Crippen molar-refractivity contribution < 1.29 is 19.1 Å². The number of methoxy groups -OCH3 is 1. The Bertz CT molecular complexity index is 905. The third kappa shape index (κ3) is 4.63. The van der Waals surface area contributed by atoms with Crippen molar-refractivity contribution in [1.29, 1.82) is 0 Å². The lowest BCUT2D eigenvalue weighted by atomic mass is 10.2. The molecule has 0 spiro atoms. The molecule has 0 radical (unpaired) electrons. The number of carbonyl (C=O) groups excluding carboxylic acids is 1. The zero-order valence-electron chi connectivity index (χ0n) is 15.2. The first-order valence-electron chi connectivity index (χ1n) is 8.49. The minimum absolute atomic E-state index is 0.0444. The number of hydrogen-bond donors (Lipinski definition) is 2. The highest BCUT2D eigenvalue weighted by atomic mass is 16.5. The number of aryl methyl sites for hydroxylation is 2. The fourth-order valence-corrected chi connectivity index (χ4v) is 2.55. The third-order valence-electron chi connectivity index (χ3n) is 4.03. The zero-order chi connectivity index (χ0) is 19.2. The van der Waals surface area contributed by atoms with Crippen molar-refractivity contribution in [3.05, 3.63) is 42.3 Å². The summed E-state index contributed by atoms with van der Waals surface area (Å²) in [6.07, 6.45) is 4.15. The quantitative estimate of drug-likeness (QED) is 0.622. The van der Waals surface area contributed by atoms with Gasteiger partial charge in [-0.05, 0) is 31.5 Å². The van der Waals surface area contributed by atoms with E-state index in [4.69, 9.17) is 9.15 Å². The van der Waals surface area contributed by atoms with Gasteiger partial charge in [0.15, 0.2) is 11.5 Å². The summed E-state index contributed by atoms with van der Waals surface area (Å²) in [5.41, 5.74) is 1.33. The van der Waals surface area contributed by atoms with Gasteiger partial charge in [-0.1, -0.05) is 0 Å². The summed E-state index contributed by atoms with van der Waals surface area (Å²) in [5.74, 6) is 1.35. The van der Waals surface area contributed by atoms with E-state index in [1.54, 1.807) is 30.1 Å². The van der Waals surface area contributed by atoms with Crippen LogP contribution in [0, 0.1) is 6.92 Å². The van der Waals surface area contributed by atoms with Gasteiger partial charge in [0.1, 0.15) is 24.1 Å². The number of amides is 1. The molecule has 9 heteroatoms. The van der Waals surface area contributed by atoms with Gasteiger partial charge in [-0.25, -0.2) is 9.97 Å². The van der Waals surface area contributed by atoms with E-state index in [1.165, 1.54) is 19.5 Å². The van der Waals surface area contributed by atoms with Crippen LogP contribution in [0.25, 0.3) is 11.5 Å². The molecule has 3 rings (SSSR count). The van der Waals surface area contributed by atoms with Crippen LogP contribution in [0.2, 0.25) is 0 Å². The molecule has 0 fully saturated rings. The molecule has 2 N–H and O–H groups in total. The minimum atomic E-state index is -0.0645. The average Bonchev–Trinajstić information content (AvgIpc) is 3.30. The minimum Gasteiger partial charge on any atom is -0.504 e. The number of phenolic OH excluding ortho intramolecular Hbond substituents is 1. The molecular formula is C18H21N5O4. The maximum Gasteiger partial charge on any atom is 0.226 e. The molecule has 0 unspecified atom stereocenters. The molecule has 2 aromatic heterocycles. The normalized spacial score (nSPS) is 10.7. The van der Waals surface area contributed by atoms with Gasteiger partial charge in [-0.2, -0.15) is 5.10 Å². The SMILES string of the molecule is COc1cc(-c2nc(CNC(=O)CCCn3cncn3)c(C)o2)ccc1O. The lowest BCUT2D eigenvalue weighted by Gasteiger charge is -2.04. The number of carbonyl (C=O) groups is 1. The maximum atomic E-state index is 12.0. The van der Waals surface area contributed by atoms with Crippen LogP contribution in [0.15, 0.2) is 35.3 Å². The van der Waals surface area contributed by atoms with Gasteiger partial charge < -0.3 is 19.6 Å². The van der Waals surface area contributed by atoms with Crippen LogP contribution in [-0.4, -0.2) is 37.9 Å². The van der Waals surface area contributed by atoms with E-state index in [2.05, 4.69) is 20.4 Å². The summed E-state index contributed by atoms with van der Waals surface area (Å²) in [7, 11) is 1.48. The number of aromatic nitrogens is 4. The molecule has 0 aliphatic carbocycles. The number of aromatic hydroxyl groups is 1. The Morgan fingerprint density at radius 1 is 1.41 bits per heavy atom. The van der Waals surface area contributed by atoms with E-state index >= 15 is 0 Å². The highest BCUT2D eigenvalue weighted by Gasteiger charge is 2.14. The van der Waals surface area contributed by atoms with Crippen LogP contribution in [0.1, 0.15) is 24.3 Å². The Morgan fingerprint density at radius 3 is 3.00 bits per heavy atom. The lowest BCUT2D eigenvalue weighted by Crippen LogP contribution is -2.23. The first-order valence-corrected chi connectivity index (χ1v) is 8.49. The number of oxazole rings is 1. The van der Waals surface area contributed by atoms with Crippen LogP contribution >= 0.6 is 0 Å². The molecule has 27 heavy (non-hydrogen) atoms. The van der Waals surface area contributed by atoms with Crippen LogP contribution in [0.5, 0.6) is 11.5 Å². The fraction of sp³-hybridized carbons (Fsp3) is 0.333. The molecular weight excluding hydrogens is 350 g/mol. The molecule has 0 bridgehead atoms. The topological polar surface area (TPSA) is 115 Å². The second-order valence-corrected chi connectivity index (χ2v) is 5.95. The molecule has 1 aromatic carbocycles. The molecule has 142 valence electrons. The number of phenols is 1. The molecule has 3 aromatic rings. The summed E-state index contributed by atoms with van der Waals surface area (Å²) in [6.45, 7) is 2.72. The zero-order valence-corrected chi connectivity index (χ0v) is 15.2. The molecule has 0 aliphatic heterocycles. The first kappa shape index (κ1) is 18.4. The van der Waals surface area contributed by atoms with Crippen LogP contribution in [0.3, 0.4) is 0 Å². The van der Waals surface area contributed by atoms with Crippen LogP contribution in [0.4, 0.5) is 0 Å². The van der Waals surface area contributed by atoms with Crippen LogP contribution in [-0.2, 0) is 17.9 Å². The second-order valence-electron chi connectivity index (χ2n) is 5.95. The van der Waals surface area contributed by atoms with Crippen molar-refractivity contribution in [3.8, 4) is 23.0 Å². The molecule has 0 saturated carbocycles. The molecule has 0 saturated heterocycles. The smallest absolute Gasteiger partial charge is 0.226 e. The molecule has 9 nitrogen and oxygen atoms in total. The Balaban J connectivity index is 1.56. The number of ether oxygens (including phenoxy) is 1. The maximum absolute atomic E-state index is 12.0. The summed E-state index contributed by atoms with van der Waals surface area (Å²) in [5, 5.41) is 16.5. The number of rotatable bonds is 8. The Kier molecular flexibility index (Phi) is 5.70. The van der Waals surface area contributed by atoms with E-state index in [9.17, 15) is 9.90 Å². The predicted molar refractivity (Wildman–Crippen MR) is 96.0 cm³/mol. The Labute approximate surface area is 156 Å². The number of hydrogen-bond acceptors (Lipinski definition) is 7. The van der Waals surface area contributed by atoms with Gasteiger partial charge in [-0.15, -0.1) is 0 Å². The van der Waals surface area contributed by atoms with E-state index in [1.807, 2.05) is 0 Å². The Morgan fingerprint density at radius 2 is 2.26 bits per heavy atom. The molecule has 2 heterocycles. The predicted octanol–water partition coefficient (Wildman–Crippen LogP) is 2.05. The fourth-order valence-electron chi connectivity index (χ4n) is 2.55. The summed E-state index contributed by atoms with van der Waals surface area (Å²) < 4.78 is 12.5. The van der Waals surface area contributed by atoms with Crippen LogP contribution < -0.4 is 10.1 Å². The van der Waals surface area contributed by atoms with Gasteiger partial charge in [0.25, 0.3) is 0 Å². The molecule has 0 atom stereocenters. The number of benzene rings is 1. The number of nitrogens with zero attached hydrogens (tertiary/aromatic N) is 4. The van der Waals surface area contributed by atoms with Crippen molar-refractivity contribution in [2.45, 2.75) is 32.9 Å². The average molecular weight is 371 g/mol. The largest absolute Gasteiger partial charge is 0.504 e. The van der Waals surface area contributed by atoms with Gasteiger partial charge in [0.05, 0.1) is 13.7 Å². The van der Waals surface area contributed by atoms with Gasteiger partial charge in [0, 0.05) is 18.5 Å². The highest BCUT2D eigenvalue weighted by molar-refractivity contribution is 5.75. The third-order valence-corrected chi connectivity index (χ3v) is 4.03. The second kappa shape index (κ2) is 8.35. The van der Waals surface area contributed by atoms with Crippen molar-refractivity contribution in [1.82, 2.24) is 25.1 Å². The standard InChI is InChI=1S/C18H21N5O4/c1-12-14(9-20-17(25)4-3-7-23-11-19-10-21-23)22-18(27-12)13-5-6-15(24)16(8-13)26-2/h5-6,8,10-11,24H,3-4,7,9H2,1-2H3,(H,20,25). The monoisotopic (exact) mass is 371 g/mol. The van der Waals surface area contributed by atoms with E-state index in [0.29, 0.717) is 48.0 Å². The van der Waals surface area contributed by atoms with Crippen molar-refractivity contribution >= 4 is 5.91 Å². The summed E-state index contributed by atoms with van der Waals surface area (Å²) in [4.78, 5) is 20.3. The van der Waals surface area contributed by atoms with E-state index in [-0.39, 0.29) is 18.2 Å². The van der Waals surface area contributed by atoms with Gasteiger partial charge in [-0.3, -0.25) is 9.48 Å². The summed E-state index contributed by atoms with van der Waals surface area (Å²) in [6, 6.07) is 4.85. The first-order chi connectivity index (χ1) is 13.1. The Hall–Kier alpha value is -3.36. The van der Waals surface area contributed by atoms with E-state index < -0.39 is 0 Å². The lowest BCUT2D eigenvalue weighted by molar-refractivity contribution is -0.121. The number of nitrogens with one attached hydrogen (secondary N) is 1. The molecule has 1 amide bonds. The summed E-state index contributed by atoms with van der Waals surface area (Å²) >= 11 is 0. The van der Waals surface area contributed by atoms with E-state index in [0.717, 1.165) is 0 Å².